The van der Waals surface area contributed by atoms with Crippen LogP contribution in [0.1, 0.15) is 5.69 Å². The minimum absolute atomic E-state index is 0.388. The molecular weight excluding hydrogens is 293 g/mol. The molecule has 2 rings (SSSR count). The van der Waals surface area contributed by atoms with Crippen molar-refractivity contribution in [3.05, 3.63) is 34.1 Å². The van der Waals surface area contributed by atoms with E-state index in [0.717, 1.165) is 9.26 Å². The molecule has 0 unspecified atom stereocenters. The molecular formula is C8H8IN5. The number of halogens is 1. The van der Waals surface area contributed by atoms with Gasteiger partial charge in [-0.2, -0.15) is 5.10 Å². The lowest BCUT2D eigenvalue weighted by Crippen LogP contribution is -2.05. The zero-order valence-electron chi connectivity index (χ0n) is 7.26. The highest BCUT2D eigenvalue weighted by atomic mass is 127. The fourth-order valence-electron chi connectivity index (χ4n) is 1.03. The lowest BCUT2D eigenvalue weighted by Gasteiger charge is -2.00. The Hall–Kier alpha value is -1.02. The molecule has 72 valence electrons. The van der Waals surface area contributed by atoms with Gasteiger partial charge in [-0.25, -0.2) is 9.67 Å². The molecule has 0 fully saturated rings. The van der Waals surface area contributed by atoms with Crippen LogP contribution in [0.15, 0.2) is 24.8 Å². The van der Waals surface area contributed by atoms with Crippen molar-refractivity contribution < 1.29 is 0 Å². The first kappa shape index (κ1) is 9.53. The summed E-state index contributed by atoms with van der Waals surface area (Å²) in [7, 11) is 0. The van der Waals surface area contributed by atoms with E-state index in [1.165, 1.54) is 0 Å². The predicted molar refractivity (Wildman–Crippen MR) is 59.8 cm³/mol. The Morgan fingerprint density at radius 3 is 2.86 bits per heavy atom. The van der Waals surface area contributed by atoms with Crippen LogP contribution in [0, 0.1) is 3.57 Å². The molecule has 5 nitrogen and oxygen atoms in total. The predicted octanol–water partition coefficient (Wildman–Crippen LogP) is 0.726. The first-order valence-corrected chi connectivity index (χ1v) is 5.09. The molecule has 0 saturated carbocycles. The van der Waals surface area contributed by atoms with Crippen LogP contribution in [-0.4, -0.2) is 19.7 Å². The van der Waals surface area contributed by atoms with Gasteiger partial charge in [0.25, 0.3) is 0 Å². The summed E-state index contributed by atoms with van der Waals surface area (Å²) in [6, 6.07) is 0. The van der Waals surface area contributed by atoms with Crippen molar-refractivity contribution in [3.8, 4) is 5.82 Å². The molecule has 2 aromatic heterocycles. The van der Waals surface area contributed by atoms with Crippen LogP contribution in [0.5, 0.6) is 0 Å². The van der Waals surface area contributed by atoms with E-state index in [-0.39, 0.29) is 0 Å². The second-order valence-corrected chi connectivity index (χ2v) is 3.92. The van der Waals surface area contributed by atoms with Gasteiger partial charge in [0.05, 0.1) is 21.7 Å². The van der Waals surface area contributed by atoms with Gasteiger partial charge in [-0.1, -0.05) is 0 Å². The Kier molecular flexibility index (Phi) is 2.73. The standard InChI is InChI=1S/C8H8IN5/c9-6-2-12-14(5-6)8-4-11-3-7(1-10)13-8/h2-5H,1,10H2. The third kappa shape index (κ3) is 1.90. The largest absolute Gasteiger partial charge is 0.325 e. The SMILES string of the molecule is NCc1cncc(-n2cc(I)cn2)n1. The summed E-state index contributed by atoms with van der Waals surface area (Å²) in [5.74, 6) is 0.691. The Labute approximate surface area is 94.5 Å². The van der Waals surface area contributed by atoms with Crippen LogP contribution >= 0.6 is 22.6 Å². The van der Waals surface area contributed by atoms with Crippen molar-refractivity contribution in [2.24, 2.45) is 5.73 Å². The quantitative estimate of drug-likeness (QED) is 0.830. The zero-order valence-corrected chi connectivity index (χ0v) is 9.42. The number of aromatic nitrogens is 4. The minimum Gasteiger partial charge on any atom is -0.325 e. The van der Waals surface area contributed by atoms with Crippen LogP contribution in [-0.2, 0) is 6.54 Å². The number of nitrogens with two attached hydrogens (primary N) is 1. The van der Waals surface area contributed by atoms with Crippen molar-refractivity contribution in [2.75, 3.05) is 0 Å². The zero-order chi connectivity index (χ0) is 9.97. The molecule has 14 heavy (non-hydrogen) atoms. The van der Waals surface area contributed by atoms with Gasteiger partial charge in [0.15, 0.2) is 5.82 Å². The molecule has 0 aromatic carbocycles. The molecule has 2 N–H and O–H groups in total. The van der Waals surface area contributed by atoms with Crippen molar-refractivity contribution in [1.82, 2.24) is 19.7 Å². The van der Waals surface area contributed by atoms with Gasteiger partial charge in [-0.05, 0) is 22.6 Å². The lowest BCUT2D eigenvalue weighted by atomic mass is 10.4. The van der Waals surface area contributed by atoms with Gasteiger partial charge >= 0.3 is 0 Å². The minimum atomic E-state index is 0.388. The maximum atomic E-state index is 5.47. The average molecular weight is 301 g/mol. The van der Waals surface area contributed by atoms with E-state index in [1.54, 1.807) is 23.3 Å². The average Bonchev–Trinajstić information content (AvgIpc) is 2.65. The van der Waals surface area contributed by atoms with Crippen LogP contribution in [0.2, 0.25) is 0 Å². The first-order chi connectivity index (χ1) is 6.79. The second-order valence-electron chi connectivity index (χ2n) is 2.68. The summed E-state index contributed by atoms with van der Waals surface area (Å²) in [6.45, 7) is 0.388. The maximum absolute atomic E-state index is 5.47. The van der Waals surface area contributed by atoms with E-state index < -0.39 is 0 Å². The summed E-state index contributed by atoms with van der Waals surface area (Å²) in [6.07, 6.45) is 6.95. The molecule has 0 saturated heterocycles. The van der Waals surface area contributed by atoms with E-state index in [1.807, 2.05) is 6.20 Å². The first-order valence-electron chi connectivity index (χ1n) is 4.01. The maximum Gasteiger partial charge on any atom is 0.172 e. The van der Waals surface area contributed by atoms with Gasteiger partial charge in [0.1, 0.15) is 0 Å². The smallest absolute Gasteiger partial charge is 0.172 e. The lowest BCUT2D eigenvalue weighted by molar-refractivity contribution is 0.816. The number of hydrogen-bond donors (Lipinski definition) is 1. The van der Waals surface area contributed by atoms with Crippen LogP contribution in [0.3, 0.4) is 0 Å². The second kappa shape index (κ2) is 4.01. The van der Waals surface area contributed by atoms with Gasteiger partial charge in [-0.3, -0.25) is 4.98 Å². The normalized spacial score (nSPS) is 10.4. The summed E-state index contributed by atoms with van der Waals surface area (Å²) in [5, 5.41) is 4.13. The van der Waals surface area contributed by atoms with Gasteiger partial charge in [0.2, 0.25) is 0 Å². The summed E-state index contributed by atoms with van der Waals surface area (Å²) in [5.41, 5.74) is 6.23. The number of nitrogens with zero attached hydrogens (tertiary/aromatic N) is 4. The number of hydrogen-bond acceptors (Lipinski definition) is 4. The van der Waals surface area contributed by atoms with Crippen molar-refractivity contribution in [2.45, 2.75) is 6.54 Å². The summed E-state index contributed by atoms with van der Waals surface area (Å²) < 4.78 is 2.73. The number of rotatable bonds is 2. The highest BCUT2D eigenvalue weighted by Gasteiger charge is 2.01. The molecule has 0 aliphatic carbocycles. The van der Waals surface area contributed by atoms with Gasteiger partial charge in [-0.15, -0.1) is 0 Å². The van der Waals surface area contributed by atoms with E-state index in [0.29, 0.717) is 12.4 Å². The molecule has 0 aliphatic rings. The monoisotopic (exact) mass is 301 g/mol. The van der Waals surface area contributed by atoms with Crippen molar-refractivity contribution in [1.29, 1.82) is 0 Å². The fraction of sp³-hybridized carbons (Fsp3) is 0.125. The van der Waals surface area contributed by atoms with E-state index in [4.69, 9.17) is 5.73 Å². The Balaban J connectivity index is 2.41. The molecule has 6 heteroatoms. The Morgan fingerprint density at radius 2 is 2.21 bits per heavy atom. The Morgan fingerprint density at radius 1 is 1.36 bits per heavy atom. The highest BCUT2D eigenvalue weighted by molar-refractivity contribution is 14.1. The molecule has 0 bridgehead atoms. The third-order valence-electron chi connectivity index (χ3n) is 1.67. The van der Waals surface area contributed by atoms with Crippen LogP contribution < -0.4 is 5.73 Å². The van der Waals surface area contributed by atoms with E-state index in [2.05, 4.69) is 37.7 Å². The molecule has 0 atom stereocenters. The highest BCUT2D eigenvalue weighted by Crippen LogP contribution is 2.06. The van der Waals surface area contributed by atoms with Crippen molar-refractivity contribution >= 4 is 22.6 Å². The molecule has 0 aliphatic heterocycles. The summed E-state index contributed by atoms with van der Waals surface area (Å²) >= 11 is 2.19. The fourth-order valence-corrected chi connectivity index (χ4v) is 1.42. The molecule has 0 amide bonds. The summed E-state index contributed by atoms with van der Waals surface area (Å²) in [4.78, 5) is 8.32. The van der Waals surface area contributed by atoms with Crippen LogP contribution in [0.4, 0.5) is 0 Å². The van der Waals surface area contributed by atoms with Gasteiger partial charge in [0, 0.05) is 18.9 Å². The molecule has 2 heterocycles. The van der Waals surface area contributed by atoms with E-state index in [9.17, 15) is 0 Å². The topological polar surface area (TPSA) is 69.6 Å². The molecule has 2 aromatic rings. The van der Waals surface area contributed by atoms with Crippen LogP contribution in [0.25, 0.3) is 5.82 Å². The molecule has 0 spiro atoms. The Bertz CT molecular complexity index is 439. The molecule has 0 radical (unpaired) electrons. The van der Waals surface area contributed by atoms with E-state index >= 15 is 0 Å². The van der Waals surface area contributed by atoms with Gasteiger partial charge < -0.3 is 5.73 Å². The van der Waals surface area contributed by atoms with Crippen molar-refractivity contribution in [3.63, 3.8) is 0 Å². The third-order valence-corrected chi connectivity index (χ3v) is 2.22.